The fourth-order valence-electron chi connectivity index (χ4n) is 1.84. The van der Waals surface area contributed by atoms with Crippen LogP contribution in [-0.4, -0.2) is 0 Å². The summed E-state index contributed by atoms with van der Waals surface area (Å²) in [4.78, 5) is 0. The highest BCUT2D eigenvalue weighted by Gasteiger charge is 2.22. The van der Waals surface area contributed by atoms with E-state index in [9.17, 15) is 13.2 Å². The van der Waals surface area contributed by atoms with E-state index in [0.717, 1.165) is 10.0 Å². The molecule has 2 rings (SSSR count). The first-order chi connectivity index (χ1) is 8.90. The Bertz CT molecular complexity index is 605. The molecular formula is C14H9BrClF3. The molecule has 0 nitrogen and oxygen atoms in total. The van der Waals surface area contributed by atoms with E-state index in [1.807, 2.05) is 0 Å². The van der Waals surface area contributed by atoms with Gasteiger partial charge in [-0.05, 0) is 30.2 Å². The van der Waals surface area contributed by atoms with Gasteiger partial charge in [-0.2, -0.15) is 0 Å². The molecule has 0 bridgehead atoms. The molecular weight excluding hydrogens is 341 g/mol. The van der Waals surface area contributed by atoms with Crippen molar-refractivity contribution in [3.63, 3.8) is 0 Å². The predicted molar refractivity (Wildman–Crippen MR) is 72.9 cm³/mol. The first kappa shape index (κ1) is 14.4. The van der Waals surface area contributed by atoms with E-state index in [0.29, 0.717) is 17.7 Å². The van der Waals surface area contributed by atoms with E-state index in [-0.39, 0.29) is 5.56 Å². The number of benzene rings is 2. The first-order valence-corrected chi connectivity index (χ1v) is 6.67. The monoisotopic (exact) mass is 348 g/mol. The standard InChI is InChI=1S/C14H9BrClF3/c1-7-2-3-8(15)4-10(7)14(16)13-11(18)5-9(17)6-12(13)19/h2-6,14H,1H3. The van der Waals surface area contributed by atoms with Gasteiger partial charge in [0, 0.05) is 22.2 Å². The van der Waals surface area contributed by atoms with Crippen LogP contribution in [0.25, 0.3) is 0 Å². The molecule has 100 valence electrons. The second kappa shape index (κ2) is 5.55. The zero-order valence-corrected chi connectivity index (χ0v) is 12.2. The maximum Gasteiger partial charge on any atom is 0.134 e. The minimum Gasteiger partial charge on any atom is -0.207 e. The first-order valence-electron chi connectivity index (χ1n) is 5.44. The predicted octanol–water partition coefficient (Wildman–Crippen LogP) is 5.50. The van der Waals surface area contributed by atoms with Gasteiger partial charge in [0.25, 0.3) is 0 Å². The summed E-state index contributed by atoms with van der Waals surface area (Å²) in [6, 6.07) is 6.53. The summed E-state index contributed by atoms with van der Waals surface area (Å²) in [6.07, 6.45) is 0. The average Bonchev–Trinajstić information content (AvgIpc) is 2.30. The summed E-state index contributed by atoms with van der Waals surface area (Å²) in [6.45, 7) is 1.79. The van der Waals surface area contributed by atoms with Gasteiger partial charge in [0.05, 0.1) is 5.38 Å². The Hall–Kier alpha value is -1.00. The summed E-state index contributed by atoms with van der Waals surface area (Å²) < 4.78 is 41.0. The van der Waals surface area contributed by atoms with Crippen molar-refractivity contribution in [2.24, 2.45) is 0 Å². The lowest BCUT2D eigenvalue weighted by Crippen LogP contribution is -2.04. The molecule has 0 amide bonds. The van der Waals surface area contributed by atoms with Crippen LogP contribution in [0, 0.1) is 24.4 Å². The van der Waals surface area contributed by atoms with Crippen molar-refractivity contribution in [3.8, 4) is 0 Å². The molecule has 0 aromatic heterocycles. The van der Waals surface area contributed by atoms with Crippen molar-refractivity contribution in [1.29, 1.82) is 0 Å². The molecule has 0 aliphatic heterocycles. The fourth-order valence-corrected chi connectivity index (χ4v) is 2.66. The molecule has 1 atom stereocenters. The third kappa shape index (κ3) is 2.95. The summed E-state index contributed by atoms with van der Waals surface area (Å²) in [7, 11) is 0. The van der Waals surface area contributed by atoms with E-state index in [1.54, 1.807) is 25.1 Å². The molecule has 0 fully saturated rings. The molecule has 0 N–H and O–H groups in total. The van der Waals surface area contributed by atoms with Gasteiger partial charge in [-0.15, -0.1) is 11.6 Å². The van der Waals surface area contributed by atoms with Gasteiger partial charge in [0.15, 0.2) is 0 Å². The van der Waals surface area contributed by atoms with Gasteiger partial charge in [-0.1, -0.05) is 22.0 Å². The van der Waals surface area contributed by atoms with Crippen LogP contribution in [0.5, 0.6) is 0 Å². The second-order valence-electron chi connectivity index (χ2n) is 4.15. The summed E-state index contributed by atoms with van der Waals surface area (Å²) in [5.41, 5.74) is 1.02. The quantitative estimate of drug-likeness (QED) is 0.628. The van der Waals surface area contributed by atoms with Crippen LogP contribution in [0.2, 0.25) is 0 Å². The number of halogens is 5. The highest BCUT2D eigenvalue weighted by molar-refractivity contribution is 9.10. The lowest BCUT2D eigenvalue weighted by molar-refractivity contribution is 0.526. The number of rotatable bonds is 2. The minimum atomic E-state index is -1.02. The van der Waals surface area contributed by atoms with Crippen LogP contribution in [0.15, 0.2) is 34.8 Å². The SMILES string of the molecule is Cc1ccc(Br)cc1C(Cl)c1c(F)cc(F)cc1F. The Morgan fingerprint density at radius 3 is 2.21 bits per heavy atom. The maximum absolute atomic E-state index is 13.7. The molecule has 0 radical (unpaired) electrons. The van der Waals surface area contributed by atoms with Crippen LogP contribution < -0.4 is 0 Å². The van der Waals surface area contributed by atoms with Crippen LogP contribution in [0.4, 0.5) is 13.2 Å². The molecule has 5 heteroatoms. The third-order valence-corrected chi connectivity index (χ3v) is 3.76. The third-order valence-electron chi connectivity index (χ3n) is 2.81. The number of hydrogen-bond acceptors (Lipinski definition) is 0. The van der Waals surface area contributed by atoms with Gasteiger partial charge < -0.3 is 0 Å². The Labute approximate surface area is 122 Å². The van der Waals surface area contributed by atoms with Crippen molar-refractivity contribution >= 4 is 27.5 Å². The average molecular weight is 350 g/mol. The Morgan fingerprint density at radius 2 is 1.63 bits per heavy atom. The topological polar surface area (TPSA) is 0 Å². The molecule has 19 heavy (non-hydrogen) atoms. The van der Waals surface area contributed by atoms with E-state index in [4.69, 9.17) is 11.6 Å². The van der Waals surface area contributed by atoms with Gasteiger partial charge in [-0.25, -0.2) is 13.2 Å². The molecule has 0 saturated carbocycles. The molecule has 0 aliphatic rings. The molecule has 2 aromatic carbocycles. The zero-order chi connectivity index (χ0) is 14.2. The molecule has 0 spiro atoms. The summed E-state index contributed by atoms with van der Waals surface area (Å²) >= 11 is 9.43. The largest absolute Gasteiger partial charge is 0.207 e. The van der Waals surface area contributed by atoms with Gasteiger partial charge in [0.2, 0.25) is 0 Å². The van der Waals surface area contributed by atoms with E-state index in [1.165, 1.54) is 0 Å². The lowest BCUT2D eigenvalue weighted by atomic mass is 9.99. The minimum absolute atomic E-state index is 0.343. The van der Waals surface area contributed by atoms with E-state index in [2.05, 4.69) is 15.9 Å². The van der Waals surface area contributed by atoms with Crippen molar-refractivity contribution in [1.82, 2.24) is 0 Å². The van der Waals surface area contributed by atoms with Crippen molar-refractivity contribution < 1.29 is 13.2 Å². The van der Waals surface area contributed by atoms with Gasteiger partial charge >= 0.3 is 0 Å². The molecule has 0 aliphatic carbocycles. The normalized spacial score (nSPS) is 12.5. The van der Waals surface area contributed by atoms with Crippen LogP contribution in [0.1, 0.15) is 22.1 Å². The summed E-state index contributed by atoms with van der Waals surface area (Å²) in [5, 5.41) is -1.02. The van der Waals surface area contributed by atoms with E-state index < -0.39 is 22.8 Å². The number of aryl methyl sites for hydroxylation is 1. The molecule has 0 heterocycles. The number of hydrogen-bond donors (Lipinski definition) is 0. The van der Waals surface area contributed by atoms with Crippen molar-refractivity contribution in [2.45, 2.75) is 12.3 Å². The van der Waals surface area contributed by atoms with Crippen molar-refractivity contribution in [3.05, 3.63) is 68.9 Å². The van der Waals surface area contributed by atoms with Crippen molar-refractivity contribution in [2.75, 3.05) is 0 Å². The van der Waals surface area contributed by atoms with Crippen LogP contribution in [0.3, 0.4) is 0 Å². The Morgan fingerprint density at radius 1 is 1.05 bits per heavy atom. The highest BCUT2D eigenvalue weighted by atomic mass is 79.9. The van der Waals surface area contributed by atoms with E-state index >= 15 is 0 Å². The van der Waals surface area contributed by atoms with Crippen LogP contribution in [-0.2, 0) is 0 Å². The smallest absolute Gasteiger partial charge is 0.134 e. The van der Waals surface area contributed by atoms with Crippen LogP contribution >= 0.6 is 27.5 Å². The maximum atomic E-state index is 13.7. The molecule has 2 aromatic rings. The van der Waals surface area contributed by atoms with Gasteiger partial charge in [0.1, 0.15) is 17.5 Å². The molecule has 1 unspecified atom stereocenters. The zero-order valence-electron chi connectivity index (χ0n) is 9.85. The van der Waals surface area contributed by atoms with Gasteiger partial charge in [-0.3, -0.25) is 0 Å². The Kier molecular flexibility index (Phi) is 4.21. The fraction of sp³-hybridized carbons (Fsp3) is 0.143. The summed E-state index contributed by atoms with van der Waals surface area (Å²) in [5.74, 6) is -2.94. The second-order valence-corrected chi connectivity index (χ2v) is 5.50. The molecule has 0 saturated heterocycles. The Balaban J connectivity index is 2.56. The number of alkyl halides is 1. The lowest BCUT2D eigenvalue weighted by Gasteiger charge is -2.15. The highest BCUT2D eigenvalue weighted by Crippen LogP contribution is 2.35.